The van der Waals surface area contributed by atoms with Crippen LogP contribution in [0.3, 0.4) is 0 Å². The van der Waals surface area contributed by atoms with E-state index in [1.54, 1.807) is 24.3 Å². The number of rotatable bonds is 2. The molecule has 0 unspecified atom stereocenters. The van der Waals surface area contributed by atoms with E-state index in [1.165, 1.54) is 12.6 Å². The van der Waals surface area contributed by atoms with Crippen molar-refractivity contribution in [3.8, 4) is 0 Å². The molecule has 0 aromatic heterocycles. The molecule has 1 saturated carbocycles. The maximum Gasteiger partial charge on any atom is 0.433 e. The summed E-state index contributed by atoms with van der Waals surface area (Å²) in [4.78, 5) is 15.3. The van der Waals surface area contributed by atoms with E-state index in [4.69, 9.17) is 16.3 Å². The van der Waals surface area contributed by atoms with Crippen LogP contribution in [0.4, 0.5) is 4.79 Å². The van der Waals surface area contributed by atoms with Gasteiger partial charge in [-0.05, 0) is 43.4 Å². The molecule has 18 heavy (non-hydrogen) atoms. The smallest absolute Gasteiger partial charge is 0.433 e. The summed E-state index contributed by atoms with van der Waals surface area (Å²) >= 11 is 5.77. The second-order valence-electron chi connectivity index (χ2n) is 4.45. The monoisotopic (exact) mass is 265 g/mol. The molecule has 0 saturated heterocycles. The fourth-order valence-electron chi connectivity index (χ4n) is 2.03. The zero-order valence-electron chi connectivity index (χ0n) is 10.1. The zero-order valence-corrected chi connectivity index (χ0v) is 10.9. The minimum absolute atomic E-state index is 0.0496. The number of carbonyl (C=O) groups is 1. The Balaban J connectivity index is 1.84. The van der Waals surface area contributed by atoms with Gasteiger partial charge in [-0.25, -0.2) is 4.79 Å². The first kappa shape index (κ1) is 13.1. The molecule has 2 rings (SSSR count). The fraction of sp³-hybridized carbons (Fsp3) is 0.429. The van der Waals surface area contributed by atoms with Crippen molar-refractivity contribution < 1.29 is 9.53 Å². The van der Waals surface area contributed by atoms with E-state index in [0.29, 0.717) is 5.02 Å². The second kappa shape index (κ2) is 6.55. The van der Waals surface area contributed by atoms with Crippen LogP contribution in [0.1, 0.15) is 37.7 Å². The Morgan fingerprint density at radius 1 is 1.22 bits per heavy atom. The lowest BCUT2D eigenvalue weighted by atomic mass is 9.98. The van der Waals surface area contributed by atoms with Crippen LogP contribution in [0.2, 0.25) is 5.02 Å². The highest BCUT2D eigenvalue weighted by Gasteiger charge is 2.16. The molecule has 1 aromatic carbocycles. The number of hydrogen-bond acceptors (Lipinski definition) is 2. The lowest BCUT2D eigenvalue weighted by Gasteiger charge is -2.20. The molecule has 0 spiro atoms. The van der Waals surface area contributed by atoms with Gasteiger partial charge in [-0.15, -0.1) is 0 Å². The molecule has 4 heteroatoms. The van der Waals surface area contributed by atoms with Crippen LogP contribution in [0.5, 0.6) is 0 Å². The zero-order chi connectivity index (χ0) is 12.8. The SMILES string of the molecule is O=C(N=Cc1ccc(Cl)cc1)OC1CCCCC1. The van der Waals surface area contributed by atoms with Gasteiger partial charge in [0, 0.05) is 11.2 Å². The van der Waals surface area contributed by atoms with Crippen molar-refractivity contribution in [2.24, 2.45) is 4.99 Å². The number of nitrogens with zero attached hydrogens (tertiary/aromatic N) is 1. The van der Waals surface area contributed by atoms with Gasteiger partial charge in [0.25, 0.3) is 0 Å². The minimum Gasteiger partial charge on any atom is -0.445 e. The summed E-state index contributed by atoms with van der Waals surface area (Å²) in [6.07, 6.45) is 6.48. The molecule has 1 amide bonds. The average Bonchev–Trinajstić information content (AvgIpc) is 2.39. The van der Waals surface area contributed by atoms with Crippen LogP contribution in [0.15, 0.2) is 29.3 Å². The van der Waals surface area contributed by atoms with Crippen LogP contribution in [0, 0.1) is 0 Å². The van der Waals surface area contributed by atoms with E-state index in [2.05, 4.69) is 4.99 Å². The third-order valence-corrected chi connectivity index (χ3v) is 3.26. The lowest BCUT2D eigenvalue weighted by molar-refractivity contribution is 0.0834. The van der Waals surface area contributed by atoms with Crippen molar-refractivity contribution in [3.63, 3.8) is 0 Å². The van der Waals surface area contributed by atoms with E-state index in [9.17, 15) is 4.79 Å². The number of amides is 1. The summed E-state index contributed by atoms with van der Waals surface area (Å²) in [6, 6.07) is 7.13. The van der Waals surface area contributed by atoms with Gasteiger partial charge in [-0.1, -0.05) is 30.2 Å². The molecule has 1 aliphatic carbocycles. The normalized spacial score (nSPS) is 16.9. The minimum atomic E-state index is -0.503. The van der Waals surface area contributed by atoms with Crippen LogP contribution in [0.25, 0.3) is 0 Å². The average molecular weight is 266 g/mol. The van der Waals surface area contributed by atoms with Gasteiger partial charge in [0.15, 0.2) is 0 Å². The topological polar surface area (TPSA) is 38.7 Å². The number of carbonyl (C=O) groups excluding carboxylic acids is 1. The van der Waals surface area contributed by atoms with Crippen molar-refractivity contribution in [2.75, 3.05) is 0 Å². The van der Waals surface area contributed by atoms with Gasteiger partial charge in [-0.3, -0.25) is 0 Å². The summed E-state index contributed by atoms with van der Waals surface area (Å²) in [5.41, 5.74) is 0.833. The fourth-order valence-corrected chi connectivity index (χ4v) is 2.16. The van der Waals surface area contributed by atoms with E-state index < -0.39 is 6.09 Å². The molecular formula is C14H16ClNO2. The Labute approximate surface area is 112 Å². The van der Waals surface area contributed by atoms with Gasteiger partial charge in [0.2, 0.25) is 0 Å². The molecule has 0 atom stereocenters. The Morgan fingerprint density at radius 2 is 1.89 bits per heavy atom. The van der Waals surface area contributed by atoms with Crippen LogP contribution in [-0.4, -0.2) is 18.4 Å². The first-order chi connectivity index (χ1) is 8.74. The number of aliphatic imine (C=N–C) groups is 1. The maximum absolute atomic E-state index is 11.5. The highest BCUT2D eigenvalue weighted by atomic mass is 35.5. The molecule has 0 aliphatic heterocycles. The number of hydrogen-bond donors (Lipinski definition) is 0. The van der Waals surface area contributed by atoms with Gasteiger partial charge in [-0.2, -0.15) is 4.99 Å². The summed E-state index contributed by atoms with van der Waals surface area (Å²) < 4.78 is 5.27. The van der Waals surface area contributed by atoms with Crippen LogP contribution in [-0.2, 0) is 4.74 Å². The number of benzene rings is 1. The molecule has 0 heterocycles. The molecule has 1 fully saturated rings. The molecule has 96 valence electrons. The van der Waals surface area contributed by atoms with Gasteiger partial charge >= 0.3 is 6.09 Å². The highest BCUT2D eigenvalue weighted by Crippen LogP contribution is 2.20. The van der Waals surface area contributed by atoms with Crippen molar-refractivity contribution in [1.82, 2.24) is 0 Å². The summed E-state index contributed by atoms with van der Waals surface area (Å²) in [7, 11) is 0. The van der Waals surface area contributed by atoms with Gasteiger partial charge in [0.05, 0.1) is 0 Å². The molecular weight excluding hydrogens is 250 g/mol. The molecule has 0 radical (unpaired) electrons. The van der Waals surface area contributed by atoms with E-state index in [1.807, 2.05) is 0 Å². The van der Waals surface area contributed by atoms with Gasteiger partial charge in [0.1, 0.15) is 6.10 Å². The molecule has 1 aromatic rings. The molecule has 1 aliphatic rings. The summed E-state index contributed by atoms with van der Waals surface area (Å²) in [6.45, 7) is 0. The van der Waals surface area contributed by atoms with Gasteiger partial charge < -0.3 is 4.74 Å². The molecule has 0 bridgehead atoms. The van der Waals surface area contributed by atoms with Crippen molar-refractivity contribution >= 4 is 23.9 Å². The predicted molar refractivity (Wildman–Crippen MR) is 72.4 cm³/mol. The number of ether oxygens (including phenoxy) is 1. The molecule has 3 nitrogen and oxygen atoms in total. The van der Waals surface area contributed by atoms with Crippen molar-refractivity contribution in [3.05, 3.63) is 34.9 Å². The van der Waals surface area contributed by atoms with E-state index >= 15 is 0 Å². The van der Waals surface area contributed by atoms with Crippen LogP contribution < -0.4 is 0 Å². The van der Waals surface area contributed by atoms with Crippen LogP contribution >= 0.6 is 11.6 Å². The first-order valence-corrected chi connectivity index (χ1v) is 6.62. The summed E-state index contributed by atoms with van der Waals surface area (Å²) in [5.74, 6) is 0. The third-order valence-electron chi connectivity index (χ3n) is 3.01. The Hall–Kier alpha value is -1.35. The maximum atomic E-state index is 11.5. The van der Waals surface area contributed by atoms with Crippen molar-refractivity contribution in [2.45, 2.75) is 38.2 Å². The number of halogens is 1. The standard InChI is InChI=1S/C14H16ClNO2/c15-12-8-6-11(7-9-12)10-16-14(17)18-13-4-2-1-3-5-13/h6-10,13H,1-5H2. The molecule has 0 N–H and O–H groups in total. The first-order valence-electron chi connectivity index (χ1n) is 6.24. The summed E-state index contributed by atoms with van der Waals surface area (Å²) in [5, 5.41) is 0.664. The third kappa shape index (κ3) is 4.15. The lowest BCUT2D eigenvalue weighted by Crippen LogP contribution is -2.19. The quantitative estimate of drug-likeness (QED) is 0.751. The predicted octanol–water partition coefficient (Wildman–Crippen LogP) is 4.23. The van der Waals surface area contributed by atoms with E-state index in [0.717, 1.165) is 31.2 Å². The van der Waals surface area contributed by atoms with E-state index in [-0.39, 0.29) is 6.10 Å². The Kier molecular flexibility index (Phi) is 4.76. The second-order valence-corrected chi connectivity index (χ2v) is 4.89. The largest absolute Gasteiger partial charge is 0.445 e. The Bertz CT molecular complexity index is 422. The highest BCUT2D eigenvalue weighted by molar-refractivity contribution is 6.30. The van der Waals surface area contributed by atoms with Crippen molar-refractivity contribution in [1.29, 1.82) is 0 Å². The Morgan fingerprint density at radius 3 is 2.56 bits per heavy atom.